The number of methoxy groups -OCH3 is 1. The van der Waals surface area contributed by atoms with Gasteiger partial charge < -0.3 is 25.0 Å². The van der Waals surface area contributed by atoms with Crippen molar-refractivity contribution in [1.82, 2.24) is 15.5 Å². The molecule has 2 rings (SSSR count). The van der Waals surface area contributed by atoms with E-state index in [0.717, 1.165) is 6.42 Å². The molecule has 0 saturated carbocycles. The largest absolute Gasteiger partial charge is 0.467 e. The highest BCUT2D eigenvalue weighted by atomic mass is 16.6. The number of rotatable bonds is 2. The maximum absolute atomic E-state index is 12.8. The summed E-state index contributed by atoms with van der Waals surface area (Å²) in [6.07, 6.45) is 0.659. The molecule has 2 N–H and O–H groups in total. The van der Waals surface area contributed by atoms with Gasteiger partial charge in [0.25, 0.3) is 0 Å². The van der Waals surface area contributed by atoms with Crippen molar-refractivity contribution in [2.45, 2.75) is 57.3 Å². The summed E-state index contributed by atoms with van der Waals surface area (Å²) in [6.45, 7) is 6.15. The summed E-state index contributed by atoms with van der Waals surface area (Å²) in [7, 11) is 1.31. The van der Waals surface area contributed by atoms with Gasteiger partial charge in [0.15, 0.2) is 0 Å². The van der Waals surface area contributed by atoms with Gasteiger partial charge in [-0.3, -0.25) is 4.79 Å². The lowest BCUT2D eigenvalue weighted by Crippen LogP contribution is -2.54. The first-order valence-corrected chi connectivity index (χ1v) is 7.83. The first-order chi connectivity index (χ1) is 10.7. The normalized spacial score (nSPS) is 27.9. The van der Waals surface area contributed by atoms with E-state index in [1.807, 2.05) is 0 Å². The molecule has 0 aromatic carbocycles. The maximum Gasteiger partial charge on any atom is 0.408 e. The van der Waals surface area contributed by atoms with Crippen LogP contribution in [0.1, 0.15) is 33.6 Å². The van der Waals surface area contributed by atoms with Crippen molar-refractivity contribution in [2.75, 3.05) is 20.2 Å². The van der Waals surface area contributed by atoms with Gasteiger partial charge in [-0.15, -0.1) is 0 Å². The number of fused-ring (bicyclic) bond motifs is 1. The molecule has 3 atom stereocenters. The standard InChI is InChI=1S/C15H25N3O5/c1-15(2,3)23-14(21)17-10-8-16-7-9-5-6-11(13(20)22-4)18(9)12(10)19/h9-11,16H,5-8H2,1-4H3,(H,17,21)/t9-,10+,11+/m1/s1. The molecule has 8 nitrogen and oxygen atoms in total. The molecule has 8 heteroatoms. The summed E-state index contributed by atoms with van der Waals surface area (Å²) in [5, 5.41) is 5.75. The average molecular weight is 327 g/mol. The molecule has 0 bridgehead atoms. The Morgan fingerprint density at radius 1 is 1.26 bits per heavy atom. The molecule has 0 radical (unpaired) electrons. The number of carbonyl (C=O) groups excluding carboxylic acids is 3. The van der Waals surface area contributed by atoms with Crippen LogP contribution in [0.2, 0.25) is 0 Å². The van der Waals surface area contributed by atoms with Crippen molar-refractivity contribution < 1.29 is 23.9 Å². The molecule has 0 aliphatic carbocycles. The molecular weight excluding hydrogens is 302 g/mol. The molecule has 2 fully saturated rings. The predicted molar refractivity (Wildman–Crippen MR) is 81.7 cm³/mol. The quantitative estimate of drug-likeness (QED) is 0.694. The van der Waals surface area contributed by atoms with Crippen LogP contribution >= 0.6 is 0 Å². The lowest BCUT2D eigenvalue weighted by molar-refractivity contribution is -0.152. The number of esters is 1. The zero-order valence-electron chi connectivity index (χ0n) is 14.0. The van der Waals surface area contributed by atoms with Gasteiger partial charge in [-0.1, -0.05) is 0 Å². The zero-order chi connectivity index (χ0) is 17.2. The highest BCUT2D eigenvalue weighted by molar-refractivity contribution is 5.91. The van der Waals surface area contributed by atoms with Crippen LogP contribution in [0.25, 0.3) is 0 Å². The summed E-state index contributed by atoms with van der Waals surface area (Å²) in [5.74, 6) is -0.697. The Morgan fingerprint density at radius 3 is 2.57 bits per heavy atom. The Hall–Kier alpha value is -1.83. The molecule has 2 heterocycles. The van der Waals surface area contributed by atoms with E-state index in [1.165, 1.54) is 7.11 Å². The van der Waals surface area contributed by atoms with Gasteiger partial charge in [-0.25, -0.2) is 9.59 Å². The number of amides is 2. The van der Waals surface area contributed by atoms with Gasteiger partial charge >= 0.3 is 12.1 Å². The molecule has 0 spiro atoms. The highest BCUT2D eigenvalue weighted by Gasteiger charge is 2.45. The van der Waals surface area contributed by atoms with E-state index >= 15 is 0 Å². The molecule has 23 heavy (non-hydrogen) atoms. The number of nitrogens with zero attached hydrogens (tertiary/aromatic N) is 1. The number of hydrogen-bond acceptors (Lipinski definition) is 6. The minimum atomic E-state index is -0.764. The fraction of sp³-hybridized carbons (Fsp3) is 0.800. The molecule has 0 unspecified atom stereocenters. The number of nitrogens with one attached hydrogen (secondary N) is 2. The molecule has 0 aromatic rings. The van der Waals surface area contributed by atoms with E-state index in [0.29, 0.717) is 19.5 Å². The Kier molecular flexibility index (Phi) is 5.13. The summed E-state index contributed by atoms with van der Waals surface area (Å²) in [5.41, 5.74) is -0.643. The average Bonchev–Trinajstić information content (AvgIpc) is 2.80. The van der Waals surface area contributed by atoms with Gasteiger partial charge in [0.05, 0.1) is 7.11 Å². The zero-order valence-corrected chi connectivity index (χ0v) is 14.0. The predicted octanol–water partition coefficient (Wildman–Crippen LogP) is 0.0155. The molecule has 2 saturated heterocycles. The second-order valence-electron chi connectivity index (χ2n) is 6.87. The first-order valence-electron chi connectivity index (χ1n) is 7.83. The third-order valence-electron chi connectivity index (χ3n) is 3.95. The van der Waals surface area contributed by atoms with Crippen LogP contribution in [-0.4, -0.2) is 66.8 Å². The highest BCUT2D eigenvalue weighted by Crippen LogP contribution is 2.27. The van der Waals surface area contributed by atoms with Crippen LogP contribution in [0.3, 0.4) is 0 Å². The lowest BCUT2D eigenvalue weighted by Gasteiger charge is -2.29. The Balaban J connectivity index is 2.09. The molecule has 2 aliphatic heterocycles. The van der Waals surface area contributed by atoms with Gasteiger partial charge in [-0.2, -0.15) is 0 Å². The van der Waals surface area contributed by atoms with Crippen molar-refractivity contribution in [3.05, 3.63) is 0 Å². The van der Waals surface area contributed by atoms with Crippen molar-refractivity contribution in [1.29, 1.82) is 0 Å². The van der Waals surface area contributed by atoms with Crippen molar-refractivity contribution in [2.24, 2.45) is 0 Å². The smallest absolute Gasteiger partial charge is 0.408 e. The minimum Gasteiger partial charge on any atom is -0.467 e. The SMILES string of the molecule is COC(=O)[C@@H]1CC[C@@H]2CNC[C@H](NC(=O)OC(C)(C)C)C(=O)N21. The third-order valence-corrected chi connectivity index (χ3v) is 3.95. The summed E-state index contributed by atoms with van der Waals surface area (Å²) in [4.78, 5) is 38.1. The molecular formula is C15H25N3O5. The fourth-order valence-corrected chi connectivity index (χ4v) is 3.01. The number of ether oxygens (including phenoxy) is 2. The molecule has 0 aromatic heterocycles. The van der Waals surface area contributed by atoms with E-state index < -0.39 is 29.7 Å². The summed E-state index contributed by atoms with van der Waals surface area (Å²) < 4.78 is 9.99. The van der Waals surface area contributed by atoms with Gasteiger partial charge in [0.1, 0.15) is 17.7 Å². The second kappa shape index (κ2) is 6.74. The Morgan fingerprint density at radius 2 is 1.96 bits per heavy atom. The molecule has 130 valence electrons. The van der Waals surface area contributed by atoms with Crippen molar-refractivity contribution in [3.8, 4) is 0 Å². The molecule has 2 amide bonds. The van der Waals surface area contributed by atoms with Crippen LogP contribution in [0.15, 0.2) is 0 Å². The van der Waals surface area contributed by atoms with Crippen LogP contribution in [0.5, 0.6) is 0 Å². The van der Waals surface area contributed by atoms with Crippen LogP contribution in [0, 0.1) is 0 Å². The summed E-state index contributed by atoms with van der Waals surface area (Å²) >= 11 is 0. The van der Waals surface area contributed by atoms with Crippen LogP contribution in [0.4, 0.5) is 4.79 Å². The van der Waals surface area contributed by atoms with E-state index in [-0.39, 0.29) is 11.9 Å². The van der Waals surface area contributed by atoms with Crippen LogP contribution < -0.4 is 10.6 Å². The van der Waals surface area contributed by atoms with E-state index in [9.17, 15) is 14.4 Å². The fourth-order valence-electron chi connectivity index (χ4n) is 3.01. The maximum atomic E-state index is 12.8. The van der Waals surface area contributed by atoms with Gasteiger partial charge in [0.2, 0.25) is 5.91 Å². The van der Waals surface area contributed by atoms with Crippen LogP contribution in [-0.2, 0) is 19.1 Å². The van der Waals surface area contributed by atoms with E-state index in [1.54, 1.807) is 25.7 Å². The Labute approximate surface area is 135 Å². The molecule has 2 aliphatic rings. The first kappa shape index (κ1) is 17.5. The lowest BCUT2D eigenvalue weighted by atomic mass is 10.2. The van der Waals surface area contributed by atoms with E-state index in [4.69, 9.17) is 9.47 Å². The Bertz CT molecular complexity index is 488. The number of carbonyl (C=O) groups is 3. The van der Waals surface area contributed by atoms with Gasteiger partial charge in [0, 0.05) is 19.1 Å². The van der Waals surface area contributed by atoms with Crippen molar-refractivity contribution in [3.63, 3.8) is 0 Å². The monoisotopic (exact) mass is 327 g/mol. The minimum absolute atomic E-state index is 0.0583. The third kappa shape index (κ3) is 4.13. The van der Waals surface area contributed by atoms with Crippen molar-refractivity contribution >= 4 is 18.0 Å². The second-order valence-corrected chi connectivity index (χ2v) is 6.87. The topological polar surface area (TPSA) is 97.0 Å². The van der Waals surface area contributed by atoms with E-state index in [2.05, 4.69) is 10.6 Å². The number of alkyl carbamates (subject to hydrolysis) is 1. The summed E-state index contributed by atoms with van der Waals surface area (Å²) in [6, 6.07) is -1.41. The number of hydrogen-bond donors (Lipinski definition) is 2. The van der Waals surface area contributed by atoms with Gasteiger partial charge in [-0.05, 0) is 33.6 Å².